The summed E-state index contributed by atoms with van der Waals surface area (Å²) in [4.78, 5) is 10.5. The second kappa shape index (κ2) is 7.10. The summed E-state index contributed by atoms with van der Waals surface area (Å²) in [5.74, 6) is 2.08. The number of hydrogen-bond acceptors (Lipinski definition) is 7. The Hall–Kier alpha value is -2.61. The summed E-state index contributed by atoms with van der Waals surface area (Å²) in [7, 11) is 1.99. The fourth-order valence-electron chi connectivity index (χ4n) is 2.29. The van der Waals surface area contributed by atoms with E-state index in [-0.39, 0.29) is 0 Å². The van der Waals surface area contributed by atoms with Crippen molar-refractivity contribution in [2.45, 2.75) is 33.0 Å². The molecule has 120 valence electrons. The average molecular weight is 313 g/mol. The maximum absolute atomic E-state index is 5.32. The lowest BCUT2D eigenvalue weighted by atomic mass is 10.2. The number of rotatable bonds is 7. The third-order valence-electron chi connectivity index (χ3n) is 3.38. The molecule has 8 nitrogen and oxygen atoms in total. The van der Waals surface area contributed by atoms with Crippen molar-refractivity contribution < 1.29 is 4.52 Å². The van der Waals surface area contributed by atoms with Crippen LogP contribution in [0.2, 0.25) is 0 Å². The first kappa shape index (κ1) is 15.3. The smallest absolute Gasteiger partial charge is 0.241 e. The van der Waals surface area contributed by atoms with Crippen LogP contribution in [0.1, 0.15) is 25.1 Å². The van der Waals surface area contributed by atoms with Crippen molar-refractivity contribution in [1.82, 2.24) is 34.8 Å². The zero-order valence-electron chi connectivity index (χ0n) is 13.3. The van der Waals surface area contributed by atoms with Crippen LogP contribution in [0.3, 0.4) is 0 Å². The van der Waals surface area contributed by atoms with Crippen LogP contribution in [-0.2, 0) is 19.6 Å². The van der Waals surface area contributed by atoms with E-state index in [1.165, 1.54) is 0 Å². The minimum atomic E-state index is 0.553. The van der Waals surface area contributed by atoms with Crippen LogP contribution < -0.4 is 0 Å². The third-order valence-corrected chi connectivity index (χ3v) is 3.38. The van der Waals surface area contributed by atoms with E-state index in [1.54, 1.807) is 18.7 Å². The van der Waals surface area contributed by atoms with Crippen molar-refractivity contribution in [2.24, 2.45) is 0 Å². The van der Waals surface area contributed by atoms with Gasteiger partial charge in [0.15, 0.2) is 0 Å². The third kappa shape index (κ3) is 3.78. The minimum absolute atomic E-state index is 0.553. The van der Waals surface area contributed by atoms with Crippen LogP contribution in [0.5, 0.6) is 0 Å². The molecule has 3 aromatic rings. The zero-order chi connectivity index (χ0) is 16.1. The zero-order valence-corrected chi connectivity index (χ0v) is 13.3. The SMILES string of the molecule is CCCn1cnnc1CN(C)Cc1nc(-c2ccncc2)no1. The minimum Gasteiger partial charge on any atom is -0.338 e. The number of hydrogen-bond donors (Lipinski definition) is 0. The van der Waals surface area contributed by atoms with E-state index in [1.807, 2.05) is 19.2 Å². The van der Waals surface area contributed by atoms with E-state index in [2.05, 4.69) is 41.7 Å². The number of aromatic nitrogens is 6. The largest absolute Gasteiger partial charge is 0.338 e. The molecule has 0 amide bonds. The van der Waals surface area contributed by atoms with Gasteiger partial charge in [-0.1, -0.05) is 12.1 Å². The molecule has 0 spiro atoms. The normalized spacial score (nSPS) is 11.3. The maximum atomic E-state index is 5.32. The van der Waals surface area contributed by atoms with Gasteiger partial charge >= 0.3 is 0 Å². The Kier molecular flexibility index (Phi) is 4.72. The first-order valence-electron chi connectivity index (χ1n) is 7.54. The molecule has 0 aliphatic rings. The van der Waals surface area contributed by atoms with Gasteiger partial charge < -0.3 is 9.09 Å². The Bertz CT molecular complexity index is 737. The monoisotopic (exact) mass is 313 g/mol. The highest BCUT2D eigenvalue weighted by Gasteiger charge is 2.13. The predicted octanol–water partition coefficient (Wildman–Crippen LogP) is 1.77. The van der Waals surface area contributed by atoms with Gasteiger partial charge in [-0.25, -0.2) is 0 Å². The van der Waals surface area contributed by atoms with Crippen LogP contribution in [0.25, 0.3) is 11.4 Å². The van der Waals surface area contributed by atoms with Crippen molar-refractivity contribution in [3.63, 3.8) is 0 Å². The predicted molar refractivity (Wildman–Crippen MR) is 83.0 cm³/mol. The molecule has 0 saturated carbocycles. The Balaban J connectivity index is 1.63. The van der Waals surface area contributed by atoms with Crippen LogP contribution in [0.15, 0.2) is 35.4 Å². The van der Waals surface area contributed by atoms with E-state index >= 15 is 0 Å². The first-order valence-corrected chi connectivity index (χ1v) is 7.54. The Labute approximate surface area is 134 Å². The van der Waals surface area contributed by atoms with Gasteiger partial charge in [0.2, 0.25) is 11.7 Å². The van der Waals surface area contributed by atoms with Gasteiger partial charge in [-0.3, -0.25) is 9.88 Å². The lowest BCUT2D eigenvalue weighted by molar-refractivity contribution is 0.253. The van der Waals surface area contributed by atoms with E-state index in [4.69, 9.17) is 4.52 Å². The molecule has 8 heteroatoms. The van der Waals surface area contributed by atoms with E-state index < -0.39 is 0 Å². The molecule has 0 aliphatic heterocycles. The van der Waals surface area contributed by atoms with E-state index in [0.717, 1.165) is 24.4 Å². The van der Waals surface area contributed by atoms with Crippen molar-refractivity contribution in [3.05, 3.63) is 42.6 Å². The summed E-state index contributed by atoms with van der Waals surface area (Å²) in [5, 5.41) is 12.2. The second-order valence-electron chi connectivity index (χ2n) is 5.36. The maximum Gasteiger partial charge on any atom is 0.241 e. The summed E-state index contributed by atoms with van der Waals surface area (Å²) in [6.07, 6.45) is 6.23. The van der Waals surface area contributed by atoms with Crippen molar-refractivity contribution in [3.8, 4) is 11.4 Å². The lowest BCUT2D eigenvalue weighted by Gasteiger charge is -2.14. The molecule has 0 atom stereocenters. The van der Waals surface area contributed by atoms with Gasteiger partial charge in [-0.05, 0) is 25.6 Å². The fraction of sp³-hybridized carbons (Fsp3) is 0.400. The molecular formula is C15H19N7O. The van der Waals surface area contributed by atoms with Crippen molar-refractivity contribution >= 4 is 0 Å². The molecule has 3 aromatic heterocycles. The fourth-order valence-corrected chi connectivity index (χ4v) is 2.29. The number of aryl methyl sites for hydroxylation is 1. The van der Waals surface area contributed by atoms with E-state index in [9.17, 15) is 0 Å². The highest BCUT2D eigenvalue weighted by atomic mass is 16.5. The number of pyridine rings is 1. The topological polar surface area (TPSA) is 85.8 Å². The molecular weight excluding hydrogens is 294 g/mol. The number of nitrogens with zero attached hydrogens (tertiary/aromatic N) is 7. The quantitative estimate of drug-likeness (QED) is 0.657. The lowest BCUT2D eigenvalue weighted by Crippen LogP contribution is -2.20. The van der Waals surface area contributed by atoms with Gasteiger partial charge in [-0.2, -0.15) is 4.98 Å². The molecule has 3 heterocycles. The van der Waals surface area contributed by atoms with Crippen LogP contribution >= 0.6 is 0 Å². The molecule has 0 fully saturated rings. The summed E-state index contributed by atoms with van der Waals surface area (Å²) >= 11 is 0. The Morgan fingerprint density at radius 3 is 2.83 bits per heavy atom. The van der Waals surface area contributed by atoms with Gasteiger partial charge in [0, 0.05) is 24.5 Å². The highest BCUT2D eigenvalue weighted by molar-refractivity contribution is 5.52. The Morgan fingerprint density at radius 2 is 2.04 bits per heavy atom. The highest BCUT2D eigenvalue weighted by Crippen LogP contribution is 2.15. The van der Waals surface area contributed by atoms with Gasteiger partial charge in [0.1, 0.15) is 12.2 Å². The Morgan fingerprint density at radius 1 is 1.22 bits per heavy atom. The standard InChI is InChI=1S/C15H19N7O/c1-3-8-22-11-17-19-13(22)9-21(2)10-14-18-15(20-23-14)12-4-6-16-7-5-12/h4-7,11H,3,8-10H2,1-2H3. The van der Waals surface area contributed by atoms with Crippen molar-refractivity contribution in [2.75, 3.05) is 7.05 Å². The van der Waals surface area contributed by atoms with Crippen LogP contribution in [-0.4, -0.2) is 41.8 Å². The molecule has 0 aliphatic carbocycles. The van der Waals surface area contributed by atoms with Crippen LogP contribution in [0, 0.1) is 0 Å². The molecule has 0 saturated heterocycles. The van der Waals surface area contributed by atoms with Crippen LogP contribution in [0.4, 0.5) is 0 Å². The second-order valence-corrected chi connectivity index (χ2v) is 5.36. The van der Waals surface area contributed by atoms with Gasteiger partial charge in [-0.15, -0.1) is 10.2 Å². The molecule has 0 bridgehead atoms. The summed E-state index contributed by atoms with van der Waals surface area (Å²) < 4.78 is 7.38. The molecule has 23 heavy (non-hydrogen) atoms. The molecule has 3 rings (SSSR count). The molecule has 0 N–H and O–H groups in total. The first-order chi connectivity index (χ1) is 11.3. The van der Waals surface area contributed by atoms with Crippen molar-refractivity contribution in [1.29, 1.82) is 0 Å². The summed E-state index contributed by atoms with van der Waals surface area (Å²) in [6, 6.07) is 3.71. The van der Waals surface area contributed by atoms with Gasteiger partial charge in [0.25, 0.3) is 0 Å². The van der Waals surface area contributed by atoms with E-state index in [0.29, 0.717) is 24.8 Å². The van der Waals surface area contributed by atoms with Gasteiger partial charge in [0.05, 0.1) is 13.1 Å². The summed E-state index contributed by atoms with van der Waals surface area (Å²) in [5.41, 5.74) is 0.889. The molecule has 0 radical (unpaired) electrons. The molecule has 0 aromatic carbocycles. The summed E-state index contributed by atoms with van der Waals surface area (Å²) in [6.45, 7) is 4.28. The average Bonchev–Trinajstić information content (AvgIpc) is 3.19. The molecule has 0 unspecified atom stereocenters.